The van der Waals surface area contributed by atoms with Gasteiger partial charge in [0.2, 0.25) is 0 Å². The third kappa shape index (κ3) is 4.45. The van der Waals surface area contributed by atoms with E-state index in [9.17, 15) is 0 Å². The molecule has 5 nitrogen and oxygen atoms in total. The lowest BCUT2D eigenvalue weighted by atomic mass is 10.0. The van der Waals surface area contributed by atoms with Gasteiger partial charge in [0.05, 0.1) is 7.11 Å². The summed E-state index contributed by atoms with van der Waals surface area (Å²) in [5, 5.41) is 0. The van der Waals surface area contributed by atoms with Gasteiger partial charge in [0.25, 0.3) is 0 Å². The largest absolute Gasteiger partial charge is 0.496 e. The van der Waals surface area contributed by atoms with Crippen LogP contribution < -0.4 is 16.0 Å². The number of nitrogens with zero attached hydrogens (tertiary/aromatic N) is 2. The summed E-state index contributed by atoms with van der Waals surface area (Å²) in [6.45, 7) is 5.05. The molecule has 0 aliphatic rings. The third-order valence-electron chi connectivity index (χ3n) is 3.35. The van der Waals surface area contributed by atoms with Crippen LogP contribution in [0.4, 0.5) is 0 Å². The van der Waals surface area contributed by atoms with E-state index in [1.54, 1.807) is 7.11 Å². The number of nitrogens with one attached hydrogen (secondary N) is 1. The average Bonchev–Trinajstić information content (AvgIpc) is 2.37. The maximum Gasteiger partial charge on any atom is 0.128 e. The van der Waals surface area contributed by atoms with Gasteiger partial charge in [0.15, 0.2) is 0 Å². The molecule has 1 unspecified atom stereocenters. The molecule has 0 aliphatic carbocycles. The Morgan fingerprint density at radius 1 is 1.42 bits per heavy atom. The van der Waals surface area contributed by atoms with E-state index in [0.29, 0.717) is 0 Å². The van der Waals surface area contributed by atoms with Gasteiger partial charge in [-0.15, -0.1) is 0 Å². The molecule has 5 heteroatoms. The third-order valence-corrected chi connectivity index (χ3v) is 3.35. The molecular weight excluding hydrogens is 240 g/mol. The zero-order valence-electron chi connectivity index (χ0n) is 12.7. The SMILES string of the molecule is COc1c(C)cnc(CC(CCN(C)C)NN)c1C. The van der Waals surface area contributed by atoms with Crippen LogP contribution in [0.25, 0.3) is 0 Å². The second kappa shape index (κ2) is 7.43. The maximum atomic E-state index is 5.63. The van der Waals surface area contributed by atoms with Crippen molar-refractivity contribution in [3.63, 3.8) is 0 Å². The normalized spacial score (nSPS) is 12.8. The first-order valence-electron chi connectivity index (χ1n) is 6.59. The van der Waals surface area contributed by atoms with Gasteiger partial charge in [-0.3, -0.25) is 16.3 Å². The number of hydrogen-bond donors (Lipinski definition) is 2. The Morgan fingerprint density at radius 3 is 2.63 bits per heavy atom. The van der Waals surface area contributed by atoms with Crippen LogP contribution in [0.5, 0.6) is 5.75 Å². The summed E-state index contributed by atoms with van der Waals surface area (Å²) in [7, 11) is 5.82. The molecule has 108 valence electrons. The Hall–Kier alpha value is -1.17. The standard InChI is InChI=1S/C14H26N4O/c1-10-9-16-13(11(2)14(10)19-5)8-12(17-15)6-7-18(3)4/h9,12,17H,6-8,15H2,1-5H3. The van der Waals surface area contributed by atoms with Crippen molar-refractivity contribution in [1.82, 2.24) is 15.3 Å². The number of rotatable bonds is 7. The molecule has 1 atom stereocenters. The molecule has 0 amide bonds. The van der Waals surface area contributed by atoms with E-state index in [4.69, 9.17) is 10.6 Å². The molecule has 1 heterocycles. The minimum Gasteiger partial charge on any atom is -0.496 e. The summed E-state index contributed by atoms with van der Waals surface area (Å²) < 4.78 is 5.43. The summed E-state index contributed by atoms with van der Waals surface area (Å²) in [6, 6.07) is 0.223. The van der Waals surface area contributed by atoms with E-state index >= 15 is 0 Å². The highest BCUT2D eigenvalue weighted by Gasteiger charge is 2.14. The highest BCUT2D eigenvalue weighted by molar-refractivity contribution is 5.41. The Balaban J connectivity index is 2.80. The average molecular weight is 266 g/mol. The minimum absolute atomic E-state index is 0.223. The van der Waals surface area contributed by atoms with Crippen molar-refractivity contribution in [2.45, 2.75) is 32.7 Å². The van der Waals surface area contributed by atoms with Gasteiger partial charge in [0.1, 0.15) is 5.75 Å². The van der Waals surface area contributed by atoms with E-state index in [0.717, 1.165) is 42.0 Å². The van der Waals surface area contributed by atoms with Crippen LogP contribution in [-0.2, 0) is 6.42 Å². The lowest BCUT2D eigenvalue weighted by Crippen LogP contribution is -2.39. The fourth-order valence-corrected chi connectivity index (χ4v) is 2.17. The van der Waals surface area contributed by atoms with Gasteiger partial charge in [-0.1, -0.05) is 0 Å². The first-order chi connectivity index (χ1) is 8.99. The fraction of sp³-hybridized carbons (Fsp3) is 0.643. The quantitative estimate of drug-likeness (QED) is 0.570. The molecule has 0 aliphatic heterocycles. The number of pyridine rings is 1. The van der Waals surface area contributed by atoms with Crippen LogP contribution in [0.2, 0.25) is 0 Å². The fourth-order valence-electron chi connectivity index (χ4n) is 2.17. The van der Waals surface area contributed by atoms with Crippen LogP contribution >= 0.6 is 0 Å². The lowest BCUT2D eigenvalue weighted by molar-refractivity contribution is 0.356. The van der Waals surface area contributed by atoms with Gasteiger partial charge in [-0.05, 0) is 40.9 Å². The zero-order valence-corrected chi connectivity index (χ0v) is 12.7. The second-order valence-corrected chi connectivity index (χ2v) is 5.21. The van der Waals surface area contributed by atoms with Crippen molar-refractivity contribution < 1.29 is 4.74 Å². The summed E-state index contributed by atoms with van der Waals surface area (Å²) in [5.74, 6) is 6.55. The Bertz CT molecular complexity index is 407. The van der Waals surface area contributed by atoms with Crippen LogP contribution in [-0.4, -0.2) is 43.7 Å². The molecule has 0 fully saturated rings. The first-order valence-corrected chi connectivity index (χ1v) is 6.59. The minimum atomic E-state index is 0.223. The van der Waals surface area contributed by atoms with Crippen LogP contribution in [0.1, 0.15) is 23.2 Å². The maximum absolute atomic E-state index is 5.63. The number of aryl methyl sites for hydroxylation is 1. The first kappa shape index (κ1) is 15.9. The summed E-state index contributed by atoms with van der Waals surface area (Å²) in [4.78, 5) is 6.67. The van der Waals surface area contributed by atoms with E-state index in [2.05, 4.69) is 29.4 Å². The smallest absolute Gasteiger partial charge is 0.128 e. The lowest BCUT2D eigenvalue weighted by Gasteiger charge is -2.20. The molecule has 0 bridgehead atoms. The van der Waals surface area contributed by atoms with E-state index in [-0.39, 0.29) is 6.04 Å². The molecule has 3 N–H and O–H groups in total. The number of hydrogen-bond acceptors (Lipinski definition) is 5. The van der Waals surface area contributed by atoms with Crippen molar-refractivity contribution >= 4 is 0 Å². The molecule has 0 radical (unpaired) electrons. The van der Waals surface area contributed by atoms with Crippen molar-refractivity contribution in [1.29, 1.82) is 0 Å². The Labute approximate surface area is 116 Å². The van der Waals surface area contributed by atoms with Gasteiger partial charge in [-0.2, -0.15) is 0 Å². The van der Waals surface area contributed by atoms with E-state index in [1.807, 2.05) is 20.0 Å². The van der Waals surface area contributed by atoms with Crippen LogP contribution in [0.15, 0.2) is 6.20 Å². The topological polar surface area (TPSA) is 63.4 Å². The highest BCUT2D eigenvalue weighted by Crippen LogP contribution is 2.24. The molecule has 1 rings (SSSR count). The molecule has 0 saturated carbocycles. The number of methoxy groups -OCH3 is 1. The molecule has 0 spiro atoms. The van der Waals surface area contributed by atoms with Crippen molar-refractivity contribution in [2.24, 2.45) is 5.84 Å². The van der Waals surface area contributed by atoms with Crippen molar-refractivity contribution in [2.75, 3.05) is 27.7 Å². The van der Waals surface area contributed by atoms with E-state index in [1.165, 1.54) is 0 Å². The monoisotopic (exact) mass is 266 g/mol. The van der Waals surface area contributed by atoms with Crippen molar-refractivity contribution in [3.05, 3.63) is 23.0 Å². The van der Waals surface area contributed by atoms with Gasteiger partial charge in [-0.25, -0.2) is 0 Å². The summed E-state index contributed by atoms with van der Waals surface area (Å²) in [6.07, 6.45) is 3.66. The molecule has 0 aromatic carbocycles. The number of hydrazine groups is 1. The van der Waals surface area contributed by atoms with Gasteiger partial charge in [0, 0.05) is 35.5 Å². The van der Waals surface area contributed by atoms with Gasteiger partial charge < -0.3 is 9.64 Å². The molecule has 1 aromatic rings. The predicted molar refractivity (Wildman–Crippen MR) is 78.2 cm³/mol. The van der Waals surface area contributed by atoms with Crippen molar-refractivity contribution in [3.8, 4) is 5.75 Å². The second-order valence-electron chi connectivity index (χ2n) is 5.21. The Kier molecular flexibility index (Phi) is 6.21. The number of ether oxygens (including phenoxy) is 1. The highest BCUT2D eigenvalue weighted by atomic mass is 16.5. The van der Waals surface area contributed by atoms with Gasteiger partial charge >= 0.3 is 0 Å². The number of aromatic nitrogens is 1. The van der Waals surface area contributed by atoms with Crippen LogP contribution in [0.3, 0.4) is 0 Å². The van der Waals surface area contributed by atoms with E-state index < -0.39 is 0 Å². The molecule has 0 saturated heterocycles. The molecule has 1 aromatic heterocycles. The summed E-state index contributed by atoms with van der Waals surface area (Å²) >= 11 is 0. The summed E-state index contributed by atoms with van der Waals surface area (Å²) in [5.41, 5.74) is 6.09. The van der Waals surface area contributed by atoms with Crippen LogP contribution in [0, 0.1) is 13.8 Å². The zero-order chi connectivity index (χ0) is 14.4. The molecular formula is C14H26N4O. The Morgan fingerprint density at radius 2 is 2.11 bits per heavy atom. The molecule has 19 heavy (non-hydrogen) atoms. The number of nitrogens with two attached hydrogens (primary N) is 1. The predicted octanol–water partition coefficient (Wildman–Crippen LogP) is 1.03.